The lowest BCUT2D eigenvalue weighted by Gasteiger charge is -2.12. The fourth-order valence-corrected chi connectivity index (χ4v) is 1.94. The third-order valence-electron chi connectivity index (χ3n) is 2.67. The molecular weight excluding hydrogens is 208 g/mol. The molecule has 0 unspecified atom stereocenters. The van der Waals surface area contributed by atoms with Gasteiger partial charge in [0.2, 0.25) is 0 Å². The van der Waals surface area contributed by atoms with E-state index in [0.29, 0.717) is 12.2 Å². The molecule has 0 atom stereocenters. The molecule has 2 rings (SSSR count). The minimum atomic E-state index is 0.302. The number of carbonyl (C=O) groups is 1. The second-order valence-electron chi connectivity index (χ2n) is 3.85. The summed E-state index contributed by atoms with van der Waals surface area (Å²) in [6, 6.07) is 7.58. The van der Waals surface area contributed by atoms with Gasteiger partial charge in [0.1, 0.15) is 0 Å². The summed E-state index contributed by atoms with van der Waals surface area (Å²) >= 11 is 5.80. The Bertz CT molecular complexity index is 390. The Balaban J connectivity index is 2.21. The van der Waals surface area contributed by atoms with Crippen LogP contribution in [0.2, 0.25) is 5.02 Å². The molecule has 0 bridgehead atoms. The molecule has 0 heterocycles. The Hall–Kier alpha value is -1.08. The number of benzene rings is 1. The number of carbonyl (C=O) groups excluding carboxylic acids is 1. The van der Waals surface area contributed by atoms with Crippen molar-refractivity contribution in [2.24, 2.45) is 0 Å². The van der Waals surface area contributed by atoms with Crippen molar-refractivity contribution in [3.63, 3.8) is 0 Å². The quantitative estimate of drug-likeness (QED) is 0.657. The Morgan fingerprint density at radius 3 is 2.40 bits per heavy atom. The van der Waals surface area contributed by atoms with Gasteiger partial charge in [-0.1, -0.05) is 23.7 Å². The molecule has 2 heteroatoms. The zero-order valence-corrected chi connectivity index (χ0v) is 9.26. The van der Waals surface area contributed by atoms with E-state index in [4.69, 9.17) is 11.6 Å². The van der Waals surface area contributed by atoms with E-state index in [1.165, 1.54) is 0 Å². The van der Waals surface area contributed by atoms with Crippen molar-refractivity contribution in [3.05, 3.63) is 40.4 Å². The molecule has 0 saturated heterocycles. The van der Waals surface area contributed by atoms with Crippen molar-refractivity contribution in [2.75, 3.05) is 0 Å². The highest BCUT2D eigenvalue weighted by Gasteiger charge is 2.14. The topological polar surface area (TPSA) is 17.1 Å². The van der Waals surface area contributed by atoms with Crippen molar-refractivity contribution in [3.8, 4) is 0 Å². The molecule has 15 heavy (non-hydrogen) atoms. The summed E-state index contributed by atoms with van der Waals surface area (Å²) in [5, 5.41) is 0.729. The molecule has 78 valence electrons. The van der Waals surface area contributed by atoms with Crippen molar-refractivity contribution in [1.29, 1.82) is 0 Å². The van der Waals surface area contributed by atoms with E-state index in [2.05, 4.69) is 0 Å². The largest absolute Gasteiger partial charge is 0.295 e. The van der Waals surface area contributed by atoms with E-state index in [9.17, 15) is 4.79 Å². The van der Waals surface area contributed by atoms with Crippen LogP contribution in [0.1, 0.15) is 31.2 Å². The number of allylic oxidation sites excluding steroid dienone is 1. The Labute approximate surface area is 94.8 Å². The fraction of sp³-hybridized carbons (Fsp3) is 0.308. The SMILES string of the molecule is O=C1CCCC/C1=C/c1ccc(Cl)cc1. The summed E-state index contributed by atoms with van der Waals surface area (Å²) in [5.41, 5.74) is 2.02. The first-order valence-electron chi connectivity index (χ1n) is 5.25. The van der Waals surface area contributed by atoms with Crippen LogP contribution >= 0.6 is 11.6 Å². The monoisotopic (exact) mass is 220 g/mol. The molecule has 0 amide bonds. The van der Waals surface area contributed by atoms with Crippen LogP contribution < -0.4 is 0 Å². The fourth-order valence-electron chi connectivity index (χ4n) is 1.81. The number of Topliss-reactive ketones (excluding diaryl/α,β-unsaturated/α-hetero) is 1. The molecule has 0 aromatic heterocycles. The van der Waals surface area contributed by atoms with Gasteiger partial charge < -0.3 is 0 Å². The zero-order valence-electron chi connectivity index (χ0n) is 8.50. The zero-order chi connectivity index (χ0) is 10.7. The van der Waals surface area contributed by atoms with Gasteiger partial charge in [-0.15, -0.1) is 0 Å². The summed E-state index contributed by atoms with van der Waals surface area (Å²) in [7, 11) is 0. The van der Waals surface area contributed by atoms with Gasteiger partial charge in [0, 0.05) is 11.4 Å². The Morgan fingerprint density at radius 1 is 1.07 bits per heavy atom. The van der Waals surface area contributed by atoms with E-state index >= 15 is 0 Å². The average Bonchev–Trinajstić information content (AvgIpc) is 2.25. The predicted octanol–water partition coefficient (Wildman–Crippen LogP) is 3.87. The van der Waals surface area contributed by atoms with Crippen LogP contribution in [0.4, 0.5) is 0 Å². The van der Waals surface area contributed by atoms with Gasteiger partial charge in [-0.3, -0.25) is 4.79 Å². The second kappa shape index (κ2) is 4.63. The third kappa shape index (κ3) is 2.69. The van der Waals surface area contributed by atoms with Gasteiger partial charge in [-0.2, -0.15) is 0 Å². The molecule has 0 radical (unpaired) electrons. The van der Waals surface area contributed by atoms with Crippen LogP contribution in [0, 0.1) is 0 Å². The normalized spacial score (nSPS) is 19.5. The number of hydrogen-bond acceptors (Lipinski definition) is 1. The smallest absolute Gasteiger partial charge is 0.158 e. The van der Waals surface area contributed by atoms with Gasteiger partial charge in [0.05, 0.1) is 0 Å². The van der Waals surface area contributed by atoms with Crippen LogP contribution in [-0.4, -0.2) is 5.78 Å². The van der Waals surface area contributed by atoms with E-state index < -0.39 is 0 Å². The summed E-state index contributed by atoms with van der Waals surface area (Å²) in [6.07, 6.45) is 5.78. The summed E-state index contributed by atoms with van der Waals surface area (Å²) in [6.45, 7) is 0. The Kier molecular flexibility index (Phi) is 3.22. The van der Waals surface area contributed by atoms with E-state index in [-0.39, 0.29) is 0 Å². The first kappa shape index (κ1) is 10.4. The highest BCUT2D eigenvalue weighted by molar-refractivity contribution is 6.30. The van der Waals surface area contributed by atoms with Crippen LogP contribution in [0.25, 0.3) is 6.08 Å². The highest BCUT2D eigenvalue weighted by Crippen LogP contribution is 2.22. The maximum atomic E-state index is 11.6. The summed E-state index contributed by atoms with van der Waals surface area (Å²) in [4.78, 5) is 11.6. The molecule has 1 aromatic carbocycles. The summed E-state index contributed by atoms with van der Waals surface area (Å²) in [5.74, 6) is 0.302. The standard InChI is InChI=1S/C13H13ClO/c14-12-7-5-10(6-8-12)9-11-3-1-2-4-13(11)15/h5-9H,1-4H2/b11-9-. The molecule has 1 fully saturated rings. The van der Waals surface area contributed by atoms with Crippen molar-refractivity contribution in [2.45, 2.75) is 25.7 Å². The molecule has 1 aliphatic carbocycles. The highest BCUT2D eigenvalue weighted by atomic mass is 35.5. The molecule has 1 aromatic rings. The van der Waals surface area contributed by atoms with Crippen LogP contribution in [-0.2, 0) is 4.79 Å². The average molecular weight is 221 g/mol. The first-order valence-corrected chi connectivity index (χ1v) is 5.63. The lowest BCUT2D eigenvalue weighted by atomic mass is 9.92. The van der Waals surface area contributed by atoms with Crippen molar-refractivity contribution in [1.82, 2.24) is 0 Å². The maximum Gasteiger partial charge on any atom is 0.158 e. The van der Waals surface area contributed by atoms with Crippen molar-refractivity contribution >= 4 is 23.5 Å². The molecule has 0 N–H and O–H groups in total. The van der Waals surface area contributed by atoms with Gasteiger partial charge in [-0.25, -0.2) is 0 Å². The predicted molar refractivity (Wildman–Crippen MR) is 62.9 cm³/mol. The van der Waals surface area contributed by atoms with Gasteiger partial charge in [-0.05, 0) is 48.6 Å². The van der Waals surface area contributed by atoms with E-state index in [1.54, 1.807) is 0 Å². The number of ketones is 1. The van der Waals surface area contributed by atoms with Gasteiger partial charge in [0.15, 0.2) is 5.78 Å². The number of rotatable bonds is 1. The second-order valence-corrected chi connectivity index (χ2v) is 4.29. The number of halogens is 1. The molecule has 0 aliphatic heterocycles. The molecular formula is C13H13ClO. The molecule has 0 spiro atoms. The minimum absolute atomic E-state index is 0.302. The lowest BCUT2D eigenvalue weighted by Crippen LogP contribution is -2.07. The van der Waals surface area contributed by atoms with Gasteiger partial charge in [0.25, 0.3) is 0 Å². The number of hydrogen-bond donors (Lipinski definition) is 0. The van der Waals surface area contributed by atoms with Crippen LogP contribution in [0.3, 0.4) is 0 Å². The first-order chi connectivity index (χ1) is 7.25. The lowest BCUT2D eigenvalue weighted by molar-refractivity contribution is -0.116. The maximum absolute atomic E-state index is 11.6. The van der Waals surface area contributed by atoms with Gasteiger partial charge >= 0.3 is 0 Å². The molecule has 1 saturated carbocycles. The van der Waals surface area contributed by atoms with Crippen molar-refractivity contribution < 1.29 is 4.79 Å². The summed E-state index contributed by atoms with van der Waals surface area (Å²) < 4.78 is 0. The van der Waals surface area contributed by atoms with Crippen LogP contribution in [0.15, 0.2) is 29.8 Å². The van der Waals surface area contributed by atoms with Crippen LogP contribution in [0.5, 0.6) is 0 Å². The molecule has 1 nitrogen and oxygen atoms in total. The molecule has 1 aliphatic rings. The van der Waals surface area contributed by atoms with E-state index in [0.717, 1.165) is 35.4 Å². The van der Waals surface area contributed by atoms with E-state index in [1.807, 2.05) is 30.3 Å². The third-order valence-corrected chi connectivity index (χ3v) is 2.92. The Morgan fingerprint density at radius 2 is 1.73 bits per heavy atom. The minimum Gasteiger partial charge on any atom is -0.295 e.